The summed E-state index contributed by atoms with van der Waals surface area (Å²) in [5.74, 6) is -1.33. The second kappa shape index (κ2) is 6.02. The van der Waals surface area contributed by atoms with Gasteiger partial charge in [0, 0.05) is 0 Å². The van der Waals surface area contributed by atoms with Crippen molar-refractivity contribution in [2.24, 2.45) is 5.92 Å². The molecule has 84 valence electrons. The molecule has 0 heterocycles. The molecular formula is C11H22O3. The lowest BCUT2D eigenvalue weighted by atomic mass is 9.85. The Kier molecular flexibility index (Phi) is 5.77. The first-order valence-electron chi connectivity index (χ1n) is 5.41. The van der Waals surface area contributed by atoms with Crippen molar-refractivity contribution in [3.63, 3.8) is 0 Å². The fourth-order valence-corrected chi connectivity index (χ4v) is 1.46. The molecule has 0 aromatic rings. The molecule has 0 aromatic heterocycles. The van der Waals surface area contributed by atoms with Gasteiger partial charge in [0.05, 0.1) is 0 Å². The largest absolute Gasteiger partial charge is 0.479 e. The Morgan fingerprint density at radius 3 is 2.21 bits per heavy atom. The van der Waals surface area contributed by atoms with Gasteiger partial charge in [-0.1, -0.05) is 40.0 Å². The van der Waals surface area contributed by atoms with Crippen LogP contribution >= 0.6 is 0 Å². The molecule has 0 radical (unpaired) electrons. The van der Waals surface area contributed by atoms with Crippen LogP contribution in [0.25, 0.3) is 0 Å². The van der Waals surface area contributed by atoms with Crippen molar-refractivity contribution >= 4 is 5.97 Å². The van der Waals surface area contributed by atoms with E-state index in [4.69, 9.17) is 5.11 Å². The lowest BCUT2D eigenvalue weighted by Crippen LogP contribution is -2.43. The van der Waals surface area contributed by atoms with Gasteiger partial charge in [0.25, 0.3) is 0 Å². The number of carbonyl (C=O) groups is 1. The SMILES string of the molecule is CCCCCCC(O)(C(=O)O)C(C)C. The molecule has 0 saturated heterocycles. The summed E-state index contributed by atoms with van der Waals surface area (Å²) < 4.78 is 0. The van der Waals surface area contributed by atoms with E-state index in [-0.39, 0.29) is 5.92 Å². The number of aliphatic carboxylic acids is 1. The topological polar surface area (TPSA) is 57.5 Å². The van der Waals surface area contributed by atoms with Crippen LogP contribution in [0, 0.1) is 5.92 Å². The van der Waals surface area contributed by atoms with Gasteiger partial charge in [-0.25, -0.2) is 4.79 Å². The molecule has 2 N–H and O–H groups in total. The van der Waals surface area contributed by atoms with Crippen LogP contribution in [0.3, 0.4) is 0 Å². The molecule has 0 rings (SSSR count). The number of hydrogen-bond donors (Lipinski definition) is 2. The molecule has 3 heteroatoms. The molecular weight excluding hydrogens is 180 g/mol. The molecule has 3 nitrogen and oxygen atoms in total. The summed E-state index contributed by atoms with van der Waals surface area (Å²) in [5, 5.41) is 18.8. The maximum Gasteiger partial charge on any atom is 0.335 e. The molecule has 1 unspecified atom stereocenters. The molecule has 0 aliphatic rings. The first-order valence-corrected chi connectivity index (χ1v) is 5.41. The van der Waals surface area contributed by atoms with Crippen molar-refractivity contribution in [3.05, 3.63) is 0 Å². The van der Waals surface area contributed by atoms with Crippen LogP contribution in [-0.4, -0.2) is 21.8 Å². The van der Waals surface area contributed by atoms with E-state index < -0.39 is 11.6 Å². The van der Waals surface area contributed by atoms with Crippen LogP contribution in [0.15, 0.2) is 0 Å². The predicted molar refractivity (Wildman–Crippen MR) is 56.2 cm³/mol. The zero-order chi connectivity index (χ0) is 11.2. The summed E-state index contributed by atoms with van der Waals surface area (Å²) in [7, 11) is 0. The average Bonchev–Trinajstić information content (AvgIpc) is 2.11. The molecule has 0 spiro atoms. The van der Waals surface area contributed by atoms with Crippen molar-refractivity contribution < 1.29 is 15.0 Å². The molecule has 0 fully saturated rings. The fraction of sp³-hybridized carbons (Fsp3) is 0.909. The normalized spacial score (nSPS) is 15.5. The van der Waals surface area contributed by atoms with Gasteiger partial charge in [0.15, 0.2) is 5.60 Å². The number of rotatable bonds is 7. The second-order valence-corrected chi connectivity index (χ2v) is 4.19. The van der Waals surface area contributed by atoms with Gasteiger partial charge in [0.1, 0.15) is 0 Å². The Bertz CT molecular complexity index is 177. The van der Waals surface area contributed by atoms with Gasteiger partial charge in [-0.3, -0.25) is 0 Å². The highest BCUT2D eigenvalue weighted by Crippen LogP contribution is 2.24. The Labute approximate surface area is 86.1 Å². The van der Waals surface area contributed by atoms with Crippen molar-refractivity contribution in [3.8, 4) is 0 Å². The molecule has 1 atom stereocenters. The van der Waals surface area contributed by atoms with Crippen molar-refractivity contribution in [2.75, 3.05) is 0 Å². The van der Waals surface area contributed by atoms with E-state index in [0.717, 1.165) is 25.7 Å². The highest BCUT2D eigenvalue weighted by molar-refractivity contribution is 5.77. The summed E-state index contributed by atoms with van der Waals surface area (Å²) in [4.78, 5) is 10.9. The average molecular weight is 202 g/mol. The Hall–Kier alpha value is -0.570. The molecule has 0 aromatic carbocycles. The molecule has 0 amide bonds. The van der Waals surface area contributed by atoms with Gasteiger partial charge in [-0.05, 0) is 18.8 Å². The summed E-state index contributed by atoms with van der Waals surface area (Å²) in [6, 6.07) is 0. The van der Waals surface area contributed by atoms with Gasteiger partial charge in [-0.15, -0.1) is 0 Å². The summed E-state index contributed by atoms with van der Waals surface area (Å²) in [5.41, 5.74) is -1.53. The second-order valence-electron chi connectivity index (χ2n) is 4.19. The summed E-state index contributed by atoms with van der Waals surface area (Å²) in [6.45, 7) is 5.59. The highest BCUT2D eigenvalue weighted by atomic mass is 16.4. The van der Waals surface area contributed by atoms with Crippen LogP contribution in [0.2, 0.25) is 0 Å². The van der Waals surface area contributed by atoms with E-state index in [2.05, 4.69) is 6.92 Å². The minimum absolute atomic E-state index is 0.235. The lowest BCUT2D eigenvalue weighted by Gasteiger charge is -2.27. The van der Waals surface area contributed by atoms with E-state index in [9.17, 15) is 9.90 Å². The van der Waals surface area contributed by atoms with E-state index in [0.29, 0.717) is 6.42 Å². The molecule has 14 heavy (non-hydrogen) atoms. The third-order valence-corrected chi connectivity index (χ3v) is 2.74. The zero-order valence-electron chi connectivity index (χ0n) is 9.42. The van der Waals surface area contributed by atoms with Gasteiger partial charge < -0.3 is 10.2 Å². The Morgan fingerprint density at radius 2 is 1.86 bits per heavy atom. The summed E-state index contributed by atoms with van der Waals surface area (Å²) >= 11 is 0. The van der Waals surface area contributed by atoms with Crippen molar-refractivity contribution in [2.45, 2.75) is 58.5 Å². The third kappa shape index (κ3) is 3.66. The number of carboxylic acids is 1. The smallest absolute Gasteiger partial charge is 0.335 e. The highest BCUT2D eigenvalue weighted by Gasteiger charge is 2.38. The van der Waals surface area contributed by atoms with Gasteiger partial charge in [0.2, 0.25) is 0 Å². The third-order valence-electron chi connectivity index (χ3n) is 2.74. The minimum atomic E-state index is -1.53. The zero-order valence-corrected chi connectivity index (χ0v) is 9.42. The first-order chi connectivity index (χ1) is 6.45. The Balaban J connectivity index is 4.05. The number of hydrogen-bond acceptors (Lipinski definition) is 2. The number of unbranched alkanes of at least 4 members (excludes halogenated alkanes) is 3. The number of carboxylic acid groups (broad SMARTS) is 1. The monoisotopic (exact) mass is 202 g/mol. The standard InChI is InChI=1S/C11H22O3/c1-4-5-6-7-8-11(14,9(2)3)10(12)13/h9,14H,4-8H2,1-3H3,(H,12,13). The first kappa shape index (κ1) is 13.4. The van der Waals surface area contributed by atoms with E-state index in [1.54, 1.807) is 13.8 Å². The van der Waals surface area contributed by atoms with Crippen LogP contribution in [0.1, 0.15) is 52.9 Å². The number of aliphatic hydroxyl groups is 1. The van der Waals surface area contributed by atoms with E-state index >= 15 is 0 Å². The van der Waals surface area contributed by atoms with Crippen LogP contribution < -0.4 is 0 Å². The van der Waals surface area contributed by atoms with Crippen molar-refractivity contribution in [1.82, 2.24) is 0 Å². The van der Waals surface area contributed by atoms with Crippen LogP contribution in [-0.2, 0) is 4.79 Å². The predicted octanol–water partition coefficient (Wildman–Crippen LogP) is 2.43. The van der Waals surface area contributed by atoms with E-state index in [1.165, 1.54) is 0 Å². The molecule has 0 saturated carbocycles. The molecule has 0 bridgehead atoms. The van der Waals surface area contributed by atoms with Crippen LogP contribution in [0.4, 0.5) is 0 Å². The fourth-order valence-electron chi connectivity index (χ4n) is 1.46. The maximum absolute atomic E-state index is 10.9. The van der Waals surface area contributed by atoms with Gasteiger partial charge >= 0.3 is 5.97 Å². The lowest BCUT2D eigenvalue weighted by molar-refractivity contribution is -0.164. The maximum atomic E-state index is 10.9. The minimum Gasteiger partial charge on any atom is -0.479 e. The van der Waals surface area contributed by atoms with E-state index in [1.807, 2.05) is 0 Å². The van der Waals surface area contributed by atoms with Gasteiger partial charge in [-0.2, -0.15) is 0 Å². The van der Waals surface area contributed by atoms with Crippen molar-refractivity contribution in [1.29, 1.82) is 0 Å². The molecule has 0 aliphatic heterocycles. The quantitative estimate of drug-likeness (QED) is 0.623. The van der Waals surface area contributed by atoms with Crippen LogP contribution in [0.5, 0.6) is 0 Å². The molecule has 0 aliphatic carbocycles. The summed E-state index contributed by atoms with van der Waals surface area (Å²) in [6.07, 6.45) is 4.37. The Morgan fingerprint density at radius 1 is 1.29 bits per heavy atom.